The summed E-state index contributed by atoms with van der Waals surface area (Å²) in [6.45, 7) is 9.20. The molecule has 0 bridgehead atoms. The van der Waals surface area contributed by atoms with Crippen molar-refractivity contribution in [2.45, 2.75) is 103 Å². The number of hydrogen-bond acceptors (Lipinski definition) is 8. The number of pyridine rings is 2. The number of carbonyl (C=O) groups is 1. The molecule has 1 N–H and O–H groups in total. The van der Waals surface area contributed by atoms with E-state index in [-0.39, 0.29) is 22.8 Å². The molecule has 2 aliphatic carbocycles. The lowest BCUT2D eigenvalue weighted by atomic mass is 9.69. The third-order valence-corrected chi connectivity index (χ3v) is 9.94. The summed E-state index contributed by atoms with van der Waals surface area (Å²) in [5.41, 5.74) is 2.38. The van der Waals surface area contributed by atoms with Crippen molar-refractivity contribution in [2.24, 2.45) is 5.41 Å². The highest BCUT2D eigenvalue weighted by Gasteiger charge is 2.42. The Labute approximate surface area is 284 Å². The first-order valence-electron chi connectivity index (χ1n) is 16.4. The van der Waals surface area contributed by atoms with E-state index in [0.717, 1.165) is 68.1 Å². The van der Waals surface area contributed by atoms with Gasteiger partial charge in [-0.15, -0.1) is 0 Å². The first-order valence-corrected chi connectivity index (χ1v) is 17.1. The Morgan fingerprint density at radius 2 is 1.83 bits per heavy atom. The van der Waals surface area contributed by atoms with Crippen LogP contribution in [0.3, 0.4) is 0 Å². The summed E-state index contributed by atoms with van der Waals surface area (Å²) in [7, 11) is 0. The minimum absolute atomic E-state index is 0.0438. The van der Waals surface area contributed by atoms with Gasteiger partial charge in [0.05, 0.1) is 40.5 Å². The fraction of sp³-hybridized carbons (Fsp3) is 0.500. The van der Waals surface area contributed by atoms with E-state index in [1.165, 1.54) is 6.07 Å². The highest BCUT2D eigenvalue weighted by molar-refractivity contribution is 6.38. The lowest BCUT2D eigenvalue weighted by Gasteiger charge is -2.44. The van der Waals surface area contributed by atoms with E-state index >= 15 is 0 Å². The first-order chi connectivity index (χ1) is 22.5. The van der Waals surface area contributed by atoms with Crippen LogP contribution in [0.15, 0.2) is 41.2 Å². The molecular weight excluding hydrogens is 641 g/mol. The SMILES string of the molecule is CCCC1(OCc2c(-c3c(Cl)cncc3Cl)noc2C2CC2)CCC(C)(COc2ccc3nc(C(=O)O)cc(OC(C)C)c3c2)CC1. The van der Waals surface area contributed by atoms with Gasteiger partial charge in [0.25, 0.3) is 0 Å². The van der Waals surface area contributed by atoms with Crippen LogP contribution in [-0.4, -0.2) is 44.5 Å². The summed E-state index contributed by atoms with van der Waals surface area (Å²) in [5, 5.41) is 15.5. The average molecular weight is 683 g/mol. The fourth-order valence-corrected chi connectivity index (χ4v) is 7.09. The molecule has 0 unspecified atom stereocenters. The van der Waals surface area contributed by atoms with Gasteiger partial charge in [0, 0.05) is 46.3 Å². The minimum Gasteiger partial charge on any atom is -0.493 e. The van der Waals surface area contributed by atoms with Crippen molar-refractivity contribution in [3.8, 4) is 22.8 Å². The fourth-order valence-electron chi connectivity index (χ4n) is 6.54. The molecule has 4 aromatic rings. The topological polar surface area (TPSA) is 117 Å². The zero-order chi connectivity index (χ0) is 33.3. The normalized spacial score (nSPS) is 21.3. The van der Waals surface area contributed by atoms with Crippen molar-refractivity contribution in [1.29, 1.82) is 0 Å². The smallest absolute Gasteiger partial charge is 0.354 e. The van der Waals surface area contributed by atoms with Gasteiger partial charge in [0.2, 0.25) is 0 Å². The van der Waals surface area contributed by atoms with Gasteiger partial charge in [-0.2, -0.15) is 0 Å². The van der Waals surface area contributed by atoms with E-state index in [1.807, 2.05) is 26.0 Å². The lowest BCUT2D eigenvalue weighted by molar-refractivity contribution is -0.109. The van der Waals surface area contributed by atoms with Gasteiger partial charge >= 0.3 is 5.97 Å². The van der Waals surface area contributed by atoms with Crippen LogP contribution in [0, 0.1) is 5.41 Å². The predicted octanol–water partition coefficient (Wildman–Crippen LogP) is 9.67. The van der Waals surface area contributed by atoms with Crippen molar-refractivity contribution in [2.75, 3.05) is 6.61 Å². The number of carboxylic acids is 1. The zero-order valence-corrected chi connectivity index (χ0v) is 28.8. The molecule has 3 heterocycles. The molecule has 2 saturated carbocycles. The van der Waals surface area contributed by atoms with E-state index in [0.29, 0.717) is 57.5 Å². The highest BCUT2D eigenvalue weighted by atomic mass is 35.5. The summed E-state index contributed by atoms with van der Waals surface area (Å²) < 4.78 is 25.1. The van der Waals surface area contributed by atoms with Gasteiger partial charge in [0.1, 0.15) is 23.0 Å². The number of halogens is 2. The molecule has 6 rings (SSSR count). The summed E-state index contributed by atoms with van der Waals surface area (Å²) in [5.74, 6) is 1.30. The van der Waals surface area contributed by atoms with E-state index in [9.17, 15) is 9.90 Å². The molecule has 1 aromatic carbocycles. The second kappa shape index (κ2) is 13.6. The van der Waals surface area contributed by atoms with Crippen LogP contribution in [0.2, 0.25) is 10.0 Å². The van der Waals surface area contributed by atoms with E-state index in [1.54, 1.807) is 18.5 Å². The zero-order valence-electron chi connectivity index (χ0n) is 27.3. The molecule has 250 valence electrons. The van der Waals surface area contributed by atoms with Gasteiger partial charge in [0.15, 0.2) is 5.69 Å². The van der Waals surface area contributed by atoms with Crippen molar-refractivity contribution < 1.29 is 28.6 Å². The maximum absolute atomic E-state index is 11.6. The number of benzene rings is 1. The molecule has 3 aromatic heterocycles. The van der Waals surface area contributed by atoms with Crippen LogP contribution in [0.25, 0.3) is 22.2 Å². The minimum atomic E-state index is -1.10. The van der Waals surface area contributed by atoms with Crippen LogP contribution in [-0.2, 0) is 11.3 Å². The van der Waals surface area contributed by atoms with E-state index in [4.69, 9.17) is 41.9 Å². The van der Waals surface area contributed by atoms with Crippen molar-refractivity contribution in [3.63, 3.8) is 0 Å². The van der Waals surface area contributed by atoms with Crippen LogP contribution < -0.4 is 9.47 Å². The van der Waals surface area contributed by atoms with Crippen LogP contribution >= 0.6 is 23.2 Å². The quantitative estimate of drug-likeness (QED) is 0.147. The molecule has 0 saturated heterocycles. The predicted molar refractivity (Wildman–Crippen MR) is 181 cm³/mol. The van der Waals surface area contributed by atoms with Gasteiger partial charge in [-0.05, 0) is 77.0 Å². The largest absolute Gasteiger partial charge is 0.493 e. The van der Waals surface area contributed by atoms with Crippen molar-refractivity contribution in [3.05, 3.63) is 63.7 Å². The monoisotopic (exact) mass is 681 g/mol. The second-order valence-corrected chi connectivity index (χ2v) is 14.4. The first kappa shape index (κ1) is 33.5. The number of fused-ring (bicyclic) bond motifs is 1. The number of ether oxygens (including phenoxy) is 3. The molecule has 0 aliphatic heterocycles. The molecule has 0 amide bonds. The maximum Gasteiger partial charge on any atom is 0.354 e. The molecule has 47 heavy (non-hydrogen) atoms. The lowest BCUT2D eigenvalue weighted by Crippen LogP contribution is -2.42. The Balaban J connectivity index is 1.15. The van der Waals surface area contributed by atoms with Crippen LogP contribution in [0.5, 0.6) is 11.5 Å². The molecule has 0 spiro atoms. The third-order valence-electron chi connectivity index (χ3n) is 9.36. The Bertz CT molecular complexity index is 1740. The second-order valence-electron chi connectivity index (χ2n) is 13.6. The molecule has 11 heteroatoms. The number of aromatic carboxylic acids is 1. The summed E-state index contributed by atoms with van der Waals surface area (Å²) >= 11 is 13.1. The third kappa shape index (κ3) is 7.37. The van der Waals surface area contributed by atoms with E-state index in [2.05, 4.69) is 29.0 Å². The van der Waals surface area contributed by atoms with Crippen molar-refractivity contribution in [1.82, 2.24) is 15.1 Å². The summed E-state index contributed by atoms with van der Waals surface area (Å²) in [4.78, 5) is 20.0. The standard InChI is InChI=1S/C36H41Cl2N3O6/c1-5-10-36(45-19-25-32(41-47-33(25)22-6-7-22)31-26(37)17-39-18-27(31)38)13-11-35(4,12-14-36)20-44-23-8-9-28-24(15-23)30(46-21(2)3)16-29(40-28)34(42)43/h8-9,15-18,21-22H,5-7,10-14,19-20H2,1-4H3,(H,42,43). The van der Waals surface area contributed by atoms with Crippen LogP contribution in [0.4, 0.5) is 0 Å². The Morgan fingerprint density at radius 1 is 1.11 bits per heavy atom. The molecule has 0 radical (unpaired) electrons. The number of rotatable bonds is 13. The Kier molecular flexibility index (Phi) is 9.70. The number of hydrogen-bond donors (Lipinski definition) is 1. The molecule has 2 aliphatic rings. The Morgan fingerprint density at radius 3 is 2.47 bits per heavy atom. The number of aromatic nitrogens is 3. The molecular formula is C36H41Cl2N3O6. The van der Waals surface area contributed by atoms with Gasteiger partial charge in [-0.3, -0.25) is 4.98 Å². The molecule has 2 fully saturated rings. The van der Waals surface area contributed by atoms with Gasteiger partial charge in [-0.25, -0.2) is 9.78 Å². The molecule has 9 nitrogen and oxygen atoms in total. The Hall–Kier alpha value is -3.40. The number of carboxylic acid groups (broad SMARTS) is 1. The maximum atomic E-state index is 11.6. The molecule has 0 atom stereocenters. The van der Waals surface area contributed by atoms with Crippen LogP contribution in [0.1, 0.15) is 107 Å². The van der Waals surface area contributed by atoms with Gasteiger partial charge < -0.3 is 23.8 Å². The highest BCUT2D eigenvalue weighted by Crippen LogP contribution is 2.49. The van der Waals surface area contributed by atoms with Gasteiger partial charge in [-0.1, -0.05) is 48.6 Å². The summed E-state index contributed by atoms with van der Waals surface area (Å²) in [6.07, 6.45) is 10.8. The van der Waals surface area contributed by atoms with E-state index < -0.39 is 5.97 Å². The average Bonchev–Trinajstić information content (AvgIpc) is 3.80. The number of nitrogens with zero attached hydrogens (tertiary/aromatic N) is 3. The van der Waals surface area contributed by atoms with Crippen molar-refractivity contribution >= 4 is 40.1 Å². The summed E-state index contributed by atoms with van der Waals surface area (Å²) in [6, 6.07) is 6.99.